The zero-order valence-corrected chi connectivity index (χ0v) is 13.5. The van der Waals surface area contributed by atoms with Gasteiger partial charge in [-0.25, -0.2) is 0 Å². The van der Waals surface area contributed by atoms with Gasteiger partial charge >= 0.3 is 0 Å². The summed E-state index contributed by atoms with van der Waals surface area (Å²) in [5, 5.41) is 3.43. The molecule has 2 nitrogen and oxygen atoms in total. The van der Waals surface area contributed by atoms with Crippen LogP contribution in [0.1, 0.15) is 44.1 Å². The van der Waals surface area contributed by atoms with Gasteiger partial charge in [-0.2, -0.15) is 0 Å². The molecular formula is C18H25ClNO+. The van der Waals surface area contributed by atoms with Crippen LogP contribution in [0.2, 0.25) is 5.02 Å². The minimum atomic E-state index is 0.516. The van der Waals surface area contributed by atoms with E-state index in [2.05, 4.69) is 11.4 Å². The maximum absolute atomic E-state index is 6.16. The van der Waals surface area contributed by atoms with E-state index in [0.717, 1.165) is 35.1 Å². The second-order valence-corrected chi connectivity index (χ2v) is 8.08. The Bertz CT molecular complexity index is 507. The monoisotopic (exact) mass is 306 g/mol. The lowest BCUT2D eigenvalue weighted by Crippen LogP contribution is -2.97. The summed E-state index contributed by atoms with van der Waals surface area (Å²) < 4.78 is 5.49. The molecule has 5 rings (SSSR count). The average molecular weight is 307 g/mol. The Hall–Kier alpha value is -0.730. The van der Waals surface area contributed by atoms with Crippen molar-refractivity contribution in [3.8, 4) is 5.75 Å². The number of hydrogen-bond acceptors (Lipinski definition) is 1. The molecule has 1 aromatic carbocycles. The Balaban J connectivity index is 1.51. The first-order chi connectivity index (χ1) is 10.2. The zero-order valence-electron chi connectivity index (χ0n) is 12.8. The molecule has 2 N–H and O–H groups in total. The summed E-state index contributed by atoms with van der Waals surface area (Å²) in [5.74, 6) is 4.00. The standard InChI is InChI=1S/C18H24ClNO/c1-21-17-3-2-16(19)7-15(17)11-20-18-8-12-4-13(9-18)6-14(5-12)10-18/h2-3,7,12-14,20H,4-6,8-11H2,1H3/p+1. The molecule has 4 aliphatic carbocycles. The summed E-state index contributed by atoms with van der Waals surface area (Å²) in [5.41, 5.74) is 1.75. The van der Waals surface area contributed by atoms with Crippen LogP contribution >= 0.6 is 11.6 Å². The number of quaternary nitrogens is 1. The van der Waals surface area contributed by atoms with Crippen molar-refractivity contribution in [2.45, 2.75) is 50.6 Å². The molecule has 0 aromatic heterocycles. The van der Waals surface area contributed by atoms with Gasteiger partial charge in [0.05, 0.1) is 12.6 Å². The molecule has 1 aromatic rings. The van der Waals surface area contributed by atoms with Gasteiger partial charge in [-0.1, -0.05) is 11.6 Å². The minimum Gasteiger partial charge on any atom is -0.496 e. The number of hydrogen-bond donors (Lipinski definition) is 1. The Labute approximate surface area is 132 Å². The molecule has 0 radical (unpaired) electrons. The summed E-state index contributed by atoms with van der Waals surface area (Å²) in [7, 11) is 1.75. The van der Waals surface area contributed by atoms with E-state index >= 15 is 0 Å². The van der Waals surface area contributed by atoms with Gasteiger partial charge < -0.3 is 10.1 Å². The van der Waals surface area contributed by atoms with Crippen molar-refractivity contribution < 1.29 is 10.1 Å². The minimum absolute atomic E-state index is 0.516. The Morgan fingerprint density at radius 2 is 1.76 bits per heavy atom. The van der Waals surface area contributed by atoms with Gasteiger partial charge in [0.25, 0.3) is 0 Å². The van der Waals surface area contributed by atoms with E-state index in [9.17, 15) is 0 Å². The molecule has 21 heavy (non-hydrogen) atoms. The summed E-state index contributed by atoms with van der Waals surface area (Å²) in [6.45, 7) is 0.996. The fraction of sp³-hybridized carbons (Fsp3) is 0.667. The third-order valence-electron chi connectivity index (χ3n) is 6.08. The van der Waals surface area contributed by atoms with Crippen molar-refractivity contribution in [1.82, 2.24) is 0 Å². The number of halogens is 1. The van der Waals surface area contributed by atoms with Crippen LogP contribution < -0.4 is 10.1 Å². The molecule has 0 unspecified atom stereocenters. The SMILES string of the molecule is COc1ccc(Cl)cc1C[NH2+]C12CC3CC(CC(C3)C1)C2. The summed E-state index contributed by atoms with van der Waals surface area (Å²) in [6.07, 6.45) is 8.82. The van der Waals surface area contributed by atoms with Crippen LogP contribution in [0.4, 0.5) is 0 Å². The smallest absolute Gasteiger partial charge is 0.127 e. The lowest BCUT2D eigenvalue weighted by molar-refractivity contribution is -0.752. The fourth-order valence-electron chi connectivity index (χ4n) is 5.66. The third kappa shape index (κ3) is 2.57. The van der Waals surface area contributed by atoms with Gasteiger partial charge in [-0.05, 0) is 55.2 Å². The molecule has 0 saturated heterocycles. The Morgan fingerprint density at radius 1 is 1.14 bits per heavy atom. The summed E-state index contributed by atoms with van der Waals surface area (Å²) in [4.78, 5) is 0. The van der Waals surface area contributed by atoms with Crippen molar-refractivity contribution >= 4 is 11.6 Å². The van der Waals surface area contributed by atoms with Crippen LogP contribution in [0.3, 0.4) is 0 Å². The largest absolute Gasteiger partial charge is 0.496 e. The molecular weight excluding hydrogens is 282 g/mol. The van der Waals surface area contributed by atoms with Gasteiger partial charge in [0.2, 0.25) is 0 Å². The van der Waals surface area contributed by atoms with E-state index < -0.39 is 0 Å². The third-order valence-corrected chi connectivity index (χ3v) is 6.32. The topological polar surface area (TPSA) is 25.8 Å². The average Bonchev–Trinajstić information content (AvgIpc) is 2.44. The molecule has 4 aliphatic rings. The molecule has 0 spiro atoms. The van der Waals surface area contributed by atoms with Crippen LogP contribution in [0.25, 0.3) is 0 Å². The number of nitrogens with two attached hydrogens (primary N) is 1. The molecule has 4 fully saturated rings. The predicted molar refractivity (Wildman–Crippen MR) is 84.5 cm³/mol. The van der Waals surface area contributed by atoms with E-state index in [4.69, 9.17) is 16.3 Å². The second kappa shape index (κ2) is 5.17. The van der Waals surface area contributed by atoms with E-state index in [0.29, 0.717) is 5.54 Å². The number of methoxy groups -OCH3 is 1. The van der Waals surface area contributed by atoms with Gasteiger partial charge in [0, 0.05) is 29.8 Å². The highest BCUT2D eigenvalue weighted by Gasteiger charge is 2.53. The van der Waals surface area contributed by atoms with Crippen LogP contribution in [0.5, 0.6) is 5.75 Å². The molecule has 0 heterocycles. The molecule has 114 valence electrons. The molecule has 0 aliphatic heterocycles. The Morgan fingerprint density at radius 3 is 2.33 bits per heavy atom. The van der Waals surface area contributed by atoms with Gasteiger partial charge in [0.15, 0.2) is 0 Å². The molecule has 0 amide bonds. The summed E-state index contributed by atoms with van der Waals surface area (Å²) in [6, 6.07) is 5.97. The molecule has 0 atom stereocenters. The Kier molecular flexibility index (Phi) is 3.42. The molecule has 4 bridgehead atoms. The first-order valence-corrected chi connectivity index (χ1v) is 8.70. The van der Waals surface area contributed by atoms with Crippen molar-refractivity contribution in [3.05, 3.63) is 28.8 Å². The first-order valence-electron chi connectivity index (χ1n) is 8.32. The normalized spacial score (nSPS) is 37.0. The van der Waals surface area contributed by atoms with Crippen molar-refractivity contribution in [2.24, 2.45) is 17.8 Å². The van der Waals surface area contributed by atoms with Crippen molar-refractivity contribution in [2.75, 3.05) is 7.11 Å². The van der Waals surface area contributed by atoms with Crippen LogP contribution in [0, 0.1) is 17.8 Å². The van der Waals surface area contributed by atoms with Gasteiger partial charge in [-0.15, -0.1) is 0 Å². The number of rotatable bonds is 4. The van der Waals surface area contributed by atoms with Crippen LogP contribution in [-0.4, -0.2) is 12.6 Å². The summed E-state index contributed by atoms with van der Waals surface area (Å²) >= 11 is 6.16. The molecule has 3 heteroatoms. The lowest BCUT2D eigenvalue weighted by Gasteiger charge is -2.54. The highest BCUT2D eigenvalue weighted by Crippen LogP contribution is 2.54. The number of ether oxygens (including phenoxy) is 1. The van der Waals surface area contributed by atoms with Crippen LogP contribution in [0.15, 0.2) is 18.2 Å². The van der Waals surface area contributed by atoms with Crippen molar-refractivity contribution in [1.29, 1.82) is 0 Å². The van der Waals surface area contributed by atoms with E-state index in [1.807, 2.05) is 12.1 Å². The predicted octanol–water partition coefficient (Wildman–Crippen LogP) is 3.38. The fourth-order valence-corrected chi connectivity index (χ4v) is 5.86. The number of benzene rings is 1. The van der Waals surface area contributed by atoms with Crippen LogP contribution in [-0.2, 0) is 6.54 Å². The lowest BCUT2D eigenvalue weighted by atomic mass is 9.53. The van der Waals surface area contributed by atoms with E-state index in [-0.39, 0.29) is 0 Å². The highest BCUT2D eigenvalue weighted by atomic mass is 35.5. The van der Waals surface area contributed by atoms with Gasteiger partial charge in [0.1, 0.15) is 12.3 Å². The highest BCUT2D eigenvalue weighted by molar-refractivity contribution is 6.30. The van der Waals surface area contributed by atoms with Gasteiger partial charge in [-0.3, -0.25) is 0 Å². The van der Waals surface area contributed by atoms with Crippen molar-refractivity contribution in [3.63, 3.8) is 0 Å². The van der Waals surface area contributed by atoms with E-state index in [1.165, 1.54) is 44.1 Å². The quantitative estimate of drug-likeness (QED) is 0.906. The maximum atomic E-state index is 6.16. The second-order valence-electron chi connectivity index (χ2n) is 7.64. The first kappa shape index (κ1) is 13.9. The van der Waals surface area contributed by atoms with E-state index in [1.54, 1.807) is 7.11 Å². The maximum Gasteiger partial charge on any atom is 0.127 e. The molecule has 4 saturated carbocycles. The zero-order chi connectivity index (χ0) is 14.4.